The average molecular weight is 280 g/mol. The molecule has 1 saturated carbocycles. The van der Waals surface area contributed by atoms with E-state index >= 15 is 0 Å². The van der Waals surface area contributed by atoms with Gasteiger partial charge in [-0.3, -0.25) is 5.01 Å². The number of halogens is 1. The summed E-state index contributed by atoms with van der Waals surface area (Å²) >= 11 is 6.03. The Bertz CT molecular complexity index is 464. The molecule has 104 valence electrons. The summed E-state index contributed by atoms with van der Waals surface area (Å²) in [7, 11) is 0. The maximum absolute atomic E-state index is 6.03. The van der Waals surface area contributed by atoms with E-state index < -0.39 is 0 Å². The molecule has 19 heavy (non-hydrogen) atoms. The second kappa shape index (κ2) is 6.29. The van der Waals surface area contributed by atoms with Gasteiger partial charge in [0.25, 0.3) is 0 Å². The van der Waals surface area contributed by atoms with E-state index in [0.29, 0.717) is 11.1 Å². The van der Waals surface area contributed by atoms with Crippen LogP contribution in [0.3, 0.4) is 0 Å². The molecule has 2 rings (SSSR count). The predicted molar refractivity (Wildman–Crippen MR) is 82.7 cm³/mol. The third-order valence-electron chi connectivity index (χ3n) is 3.75. The van der Waals surface area contributed by atoms with E-state index in [9.17, 15) is 0 Å². The van der Waals surface area contributed by atoms with Gasteiger partial charge in [0, 0.05) is 28.9 Å². The van der Waals surface area contributed by atoms with Crippen molar-refractivity contribution < 1.29 is 0 Å². The van der Waals surface area contributed by atoms with E-state index in [1.807, 2.05) is 25.1 Å². The maximum atomic E-state index is 6.03. The van der Waals surface area contributed by atoms with Crippen LogP contribution in [0, 0.1) is 0 Å². The number of nitrogen functional groups attached to an aromatic ring is 1. The van der Waals surface area contributed by atoms with E-state index in [4.69, 9.17) is 22.4 Å². The van der Waals surface area contributed by atoms with Crippen molar-refractivity contribution in [3.63, 3.8) is 0 Å². The van der Waals surface area contributed by atoms with Crippen LogP contribution in [-0.4, -0.2) is 23.3 Å². The average Bonchev–Trinajstić information content (AvgIpc) is 2.92. The highest BCUT2D eigenvalue weighted by atomic mass is 35.5. The molecular weight excluding hydrogens is 258 g/mol. The standard InChI is InChI=1S/C15H22ClN3/c1-3-19(13-6-4-5-7-13)18-11(2)14-10-12(16)8-9-15(14)17/h8-10,13H,3-7,17H2,1-2H3/b18-11+. The van der Waals surface area contributed by atoms with Gasteiger partial charge in [-0.25, -0.2) is 0 Å². The molecule has 0 radical (unpaired) electrons. The first-order valence-corrected chi connectivity index (χ1v) is 7.37. The van der Waals surface area contributed by atoms with Crippen molar-refractivity contribution in [2.75, 3.05) is 12.3 Å². The van der Waals surface area contributed by atoms with E-state index in [-0.39, 0.29) is 0 Å². The highest BCUT2D eigenvalue weighted by Gasteiger charge is 2.20. The Morgan fingerprint density at radius 1 is 1.42 bits per heavy atom. The summed E-state index contributed by atoms with van der Waals surface area (Å²) in [5.74, 6) is 0. The van der Waals surface area contributed by atoms with Crippen LogP contribution in [0.5, 0.6) is 0 Å². The zero-order valence-electron chi connectivity index (χ0n) is 11.7. The third kappa shape index (κ3) is 3.41. The Labute approximate surface area is 120 Å². The van der Waals surface area contributed by atoms with Gasteiger partial charge in [0.05, 0.1) is 5.71 Å². The van der Waals surface area contributed by atoms with Gasteiger partial charge in [-0.1, -0.05) is 24.4 Å². The van der Waals surface area contributed by atoms with Crippen molar-refractivity contribution >= 4 is 23.0 Å². The van der Waals surface area contributed by atoms with Gasteiger partial charge in [-0.05, 0) is 44.9 Å². The minimum atomic E-state index is 0.584. The molecule has 0 spiro atoms. The molecule has 4 heteroatoms. The van der Waals surface area contributed by atoms with E-state index in [2.05, 4.69) is 11.9 Å². The molecule has 1 fully saturated rings. The SMILES string of the molecule is CCN(/N=C(\C)c1cc(Cl)ccc1N)C1CCCC1. The van der Waals surface area contributed by atoms with Crippen molar-refractivity contribution in [1.82, 2.24) is 5.01 Å². The number of nitrogens with two attached hydrogens (primary N) is 1. The van der Waals surface area contributed by atoms with Gasteiger partial charge < -0.3 is 5.73 Å². The Morgan fingerprint density at radius 2 is 2.11 bits per heavy atom. The normalized spacial score (nSPS) is 16.9. The Morgan fingerprint density at radius 3 is 2.74 bits per heavy atom. The first-order valence-electron chi connectivity index (χ1n) is 6.99. The fourth-order valence-corrected chi connectivity index (χ4v) is 2.87. The summed E-state index contributed by atoms with van der Waals surface area (Å²) in [6.45, 7) is 5.08. The van der Waals surface area contributed by atoms with E-state index in [1.165, 1.54) is 25.7 Å². The Hall–Kier alpha value is -1.22. The monoisotopic (exact) mass is 279 g/mol. The Balaban J connectivity index is 2.22. The molecule has 0 unspecified atom stereocenters. The highest BCUT2D eigenvalue weighted by Crippen LogP contribution is 2.25. The van der Waals surface area contributed by atoms with E-state index in [1.54, 1.807) is 0 Å². The molecule has 1 aromatic rings. The maximum Gasteiger partial charge on any atom is 0.0668 e. The van der Waals surface area contributed by atoms with Crippen molar-refractivity contribution in [1.29, 1.82) is 0 Å². The lowest BCUT2D eigenvalue weighted by Crippen LogP contribution is -2.29. The van der Waals surface area contributed by atoms with Gasteiger partial charge in [0.2, 0.25) is 0 Å². The number of benzene rings is 1. The minimum absolute atomic E-state index is 0.584. The van der Waals surface area contributed by atoms with Crippen LogP contribution in [0.1, 0.15) is 45.1 Å². The zero-order valence-corrected chi connectivity index (χ0v) is 12.5. The zero-order chi connectivity index (χ0) is 13.8. The molecule has 3 nitrogen and oxygen atoms in total. The molecule has 0 bridgehead atoms. The van der Waals surface area contributed by atoms with Crippen LogP contribution in [0.15, 0.2) is 23.3 Å². The second-order valence-electron chi connectivity index (χ2n) is 5.11. The van der Waals surface area contributed by atoms with Crippen molar-refractivity contribution in [3.8, 4) is 0 Å². The van der Waals surface area contributed by atoms with Gasteiger partial charge >= 0.3 is 0 Å². The summed E-state index contributed by atoms with van der Waals surface area (Å²) in [5.41, 5.74) is 8.61. The summed E-state index contributed by atoms with van der Waals surface area (Å²) < 4.78 is 0. The number of rotatable bonds is 4. The molecule has 1 aliphatic carbocycles. The smallest absolute Gasteiger partial charge is 0.0668 e. The molecule has 0 atom stereocenters. The number of anilines is 1. The Kier molecular flexibility index (Phi) is 4.70. The summed E-state index contributed by atoms with van der Waals surface area (Å²) in [6, 6.07) is 6.11. The van der Waals surface area contributed by atoms with Gasteiger partial charge in [-0.2, -0.15) is 5.10 Å². The highest BCUT2D eigenvalue weighted by molar-refractivity contribution is 6.31. The fourth-order valence-electron chi connectivity index (χ4n) is 2.70. The molecule has 0 aliphatic heterocycles. The quantitative estimate of drug-likeness (QED) is 0.516. The molecular formula is C15H22ClN3. The molecule has 1 aromatic carbocycles. The first kappa shape index (κ1) is 14.2. The molecule has 1 aliphatic rings. The number of nitrogens with zero attached hydrogens (tertiary/aromatic N) is 2. The lowest BCUT2D eigenvalue weighted by Gasteiger charge is -2.25. The first-order chi connectivity index (χ1) is 9.11. The molecule has 0 aromatic heterocycles. The topological polar surface area (TPSA) is 41.6 Å². The lowest BCUT2D eigenvalue weighted by atomic mass is 10.1. The van der Waals surface area contributed by atoms with Crippen molar-refractivity contribution in [2.24, 2.45) is 5.10 Å². The minimum Gasteiger partial charge on any atom is -0.398 e. The number of hydrogen-bond donors (Lipinski definition) is 1. The van der Waals surface area contributed by atoms with Crippen LogP contribution < -0.4 is 5.73 Å². The summed E-state index contributed by atoms with van der Waals surface area (Å²) in [6.07, 6.45) is 5.12. The van der Waals surface area contributed by atoms with Crippen molar-refractivity contribution in [3.05, 3.63) is 28.8 Å². The van der Waals surface area contributed by atoms with Gasteiger partial charge in [0.1, 0.15) is 0 Å². The predicted octanol–water partition coefficient (Wildman–Crippen LogP) is 3.91. The summed E-state index contributed by atoms with van der Waals surface area (Å²) in [4.78, 5) is 0. The molecule has 0 amide bonds. The van der Waals surface area contributed by atoms with E-state index in [0.717, 1.165) is 23.5 Å². The van der Waals surface area contributed by atoms with Crippen LogP contribution >= 0.6 is 11.6 Å². The molecule has 2 N–H and O–H groups in total. The lowest BCUT2D eigenvalue weighted by molar-refractivity contribution is 0.219. The third-order valence-corrected chi connectivity index (χ3v) is 3.99. The molecule has 0 saturated heterocycles. The second-order valence-corrected chi connectivity index (χ2v) is 5.55. The van der Waals surface area contributed by atoms with Gasteiger partial charge in [-0.15, -0.1) is 0 Å². The van der Waals surface area contributed by atoms with Crippen LogP contribution in [0.4, 0.5) is 5.69 Å². The van der Waals surface area contributed by atoms with Crippen molar-refractivity contribution in [2.45, 2.75) is 45.6 Å². The van der Waals surface area contributed by atoms with Gasteiger partial charge in [0.15, 0.2) is 0 Å². The molecule has 0 heterocycles. The van der Waals surface area contributed by atoms with Crippen LogP contribution in [0.25, 0.3) is 0 Å². The number of hydrogen-bond acceptors (Lipinski definition) is 3. The van der Waals surface area contributed by atoms with Crippen LogP contribution in [0.2, 0.25) is 5.02 Å². The fraction of sp³-hybridized carbons (Fsp3) is 0.533. The largest absolute Gasteiger partial charge is 0.398 e. The summed E-state index contributed by atoms with van der Waals surface area (Å²) in [5, 5.41) is 7.65. The van der Waals surface area contributed by atoms with Crippen LogP contribution in [-0.2, 0) is 0 Å². The number of hydrazone groups is 1.